The van der Waals surface area contributed by atoms with Crippen LogP contribution in [0.1, 0.15) is 32.3 Å². The van der Waals surface area contributed by atoms with E-state index < -0.39 is 6.10 Å². The molecule has 22 heavy (non-hydrogen) atoms. The molecule has 3 atom stereocenters. The van der Waals surface area contributed by atoms with Crippen LogP contribution in [0.5, 0.6) is 5.75 Å². The predicted molar refractivity (Wildman–Crippen MR) is 91.5 cm³/mol. The second kappa shape index (κ2) is 8.39. The molecule has 1 aromatic carbocycles. The van der Waals surface area contributed by atoms with Crippen molar-refractivity contribution in [1.29, 1.82) is 0 Å². The normalized spacial score (nSPS) is 22.6. The van der Waals surface area contributed by atoms with Gasteiger partial charge in [0.25, 0.3) is 5.91 Å². The van der Waals surface area contributed by atoms with Gasteiger partial charge in [0.2, 0.25) is 0 Å². The van der Waals surface area contributed by atoms with Crippen LogP contribution in [0, 0.1) is 12.8 Å². The Hall–Kier alpha value is -1.26. The zero-order valence-corrected chi connectivity index (χ0v) is 14.4. The third-order valence-corrected chi connectivity index (χ3v) is 4.21. The molecule has 2 rings (SSSR count). The lowest BCUT2D eigenvalue weighted by Gasteiger charge is -2.39. The van der Waals surface area contributed by atoms with E-state index in [0.29, 0.717) is 12.5 Å². The van der Waals surface area contributed by atoms with Gasteiger partial charge >= 0.3 is 0 Å². The number of piperidine rings is 1. The Morgan fingerprint density at radius 3 is 2.64 bits per heavy atom. The molecule has 0 spiro atoms. The maximum absolute atomic E-state index is 12.6. The van der Waals surface area contributed by atoms with E-state index in [1.54, 1.807) is 0 Å². The molecule has 0 aromatic heterocycles. The molecule has 1 aromatic rings. The fourth-order valence-corrected chi connectivity index (χ4v) is 2.87. The minimum atomic E-state index is -0.477. The summed E-state index contributed by atoms with van der Waals surface area (Å²) < 4.78 is 5.77. The van der Waals surface area contributed by atoms with Gasteiger partial charge < -0.3 is 15.4 Å². The molecule has 5 heteroatoms. The first-order valence-electron chi connectivity index (χ1n) is 7.75. The number of benzene rings is 1. The Bertz CT molecular complexity index is 478. The summed E-state index contributed by atoms with van der Waals surface area (Å²) in [6.45, 7) is 7.36. The third-order valence-electron chi connectivity index (χ3n) is 4.21. The number of aryl methyl sites for hydroxylation is 1. The highest BCUT2D eigenvalue weighted by Gasteiger charge is 2.32. The Kier molecular flexibility index (Phi) is 7.17. The molecule has 124 valence electrons. The molecule has 1 saturated heterocycles. The standard InChI is InChI=1S/C17H26N2O2.ClH/c1-12-4-6-16(7-5-12)21-14(3)17(20)19-9-8-13(2)10-15(19)11-18;/h4-7,13-15H,8-11,18H2,1-3H3;1H. The zero-order valence-electron chi connectivity index (χ0n) is 13.6. The number of rotatable bonds is 4. The van der Waals surface area contributed by atoms with Crippen LogP contribution in [0.3, 0.4) is 0 Å². The van der Waals surface area contributed by atoms with Gasteiger partial charge in [-0.25, -0.2) is 0 Å². The van der Waals surface area contributed by atoms with Crippen LogP contribution in [0.2, 0.25) is 0 Å². The summed E-state index contributed by atoms with van der Waals surface area (Å²) in [7, 11) is 0. The van der Waals surface area contributed by atoms with E-state index in [0.717, 1.165) is 25.1 Å². The number of carbonyl (C=O) groups excluding carboxylic acids is 1. The maximum Gasteiger partial charge on any atom is 0.263 e. The highest BCUT2D eigenvalue weighted by Crippen LogP contribution is 2.23. The minimum Gasteiger partial charge on any atom is -0.481 e. The van der Waals surface area contributed by atoms with Crippen LogP contribution in [-0.4, -0.2) is 36.0 Å². The Morgan fingerprint density at radius 2 is 2.05 bits per heavy atom. The minimum absolute atomic E-state index is 0. The molecule has 1 amide bonds. The lowest BCUT2D eigenvalue weighted by molar-refractivity contribution is -0.142. The molecule has 2 N–H and O–H groups in total. The van der Waals surface area contributed by atoms with Crippen LogP contribution >= 0.6 is 12.4 Å². The molecule has 4 nitrogen and oxygen atoms in total. The third kappa shape index (κ3) is 4.62. The number of likely N-dealkylation sites (tertiary alicyclic amines) is 1. The van der Waals surface area contributed by atoms with Crippen LogP contribution in [0.4, 0.5) is 0 Å². The SMILES string of the molecule is Cc1ccc(OC(C)C(=O)N2CCC(C)CC2CN)cc1.Cl. The van der Waals surface area contributed by atoms with Crippen molar-refractivity contribution in [1.82, 2.24) is 4.90 Å². The molecule has 0 saturated carbocycles. The van der Waals surface area contributed by atoms with E-state index >= 15 is 0 Å². The van der Waals surface area contributed by atoms with Gasteiger partial charge in [0, 0.05) is 19.1 Å². The number of halogens is 1. The van der Waals surface area contributed by atoms with Crippen LogP contribution in [-0.2, 0) is 4.79 Å². The summed E-state index contributed by atoms with van der Waals surface area (Å²) in [6, 6.07) is 7.91. The van der Waals surface area contributed by atoms with Gasteiger partial charge in [-0.3, -0.25) is 4.79 Å². The molecular weight excluding hydrogens is 300 g/mol. The van der Waals surface area contributed by atoms with Gasteiger partial charge in [-0.15, -0.1) is 12.4 Å². The van der Waals surface area contributed by atoms with Crippen molar-refractivity contribution >= 4 is 18.3 Å². The summed E-state index contributed by atoms with van der Waals surface area (Å²) in [4.78, 5) is 14.5. The number of hydrogen-bond acceptors (Lipinski definition) is 3. The van der Waals surface area contributed by atoms with Gasteiger partial charge in [-0.1, -0.05) is 24.6 Å². The molecule has 3 unspecified atom stereocenters. The van der Waals surface area contributed by atoms with Crippen molar-refractivity contribution in [2.24, 2.45) is 11.7 Å². The second-order valence-electron chi connectivity index (χ2n) is 6.12. The molecule has 0 bridgehead atoms. The van der Waals surface area contributed by atoms with E-state index in [1.165, 1.54) is 5.56 Å². The van der Waals surface area contributed by atoms with Crippen molar-refractivity contribution in [3.8, 4) is 5.75 Å². The summed E-state index contributed by atoms with van der Waals surface area (Å²) in [6.07, 6.45) is 1.55. The number of nitrogens with two attached hydrogens (primary N) is 1. The van der Waals surface area contributed by atoms with E-state index in [4.69, 9.17) is 10.5 Å². The number of carbonyl (C=O) groups is 1. The van der Waals surface area contributed by atoms with Crippen molar-refractivity contribution in [3.63, 3.8) is 0 Å². The Labute approximate surface area is 139 Å². The van der Waals surface area contributed by atoms with Gasteiger partial charge in [0.1, 0.15) is 5.75 Å². The first kappa shape index (κ1) is 18.8. The van der Waals surface area contributed by atoms with Crippen molar-refractivity contribution in [2.45, 2.75) is 45.8 Å². The quantitative estimate of drug-likeness (QED) is 0.925. The number of ether oxygens (including phenoxy) is 1. The Balaban J connectivity index is 0.00000242. The molecular formula is C17H27ClN2O2. The zero-order chi connectivity index (χ0) is 15.4. The van der Waals surface area contributed by atoms with Crippen molar-refractivity contribution in [2.75, 3.05) is 13.1 Å². The topological polar surface area (TPSA) is 55.6 Å². The average Bonchev–Trinajstić information content (AvgIpc) is 2.48. The summed E-state index contributed by atoms with van der Waals surface area (Å²) in [5, 5.41) is 0. The van der Waals surface area contributed by atoms with Crippen LogP contribution < -0.4 is 10.5 Å². The molecule has 1 aliphatic heterocycles. The largest absolute Gasteiger partial charge is 0.481 e. The molecule has 0 radical (unpaired) electrons. The van der Waals surface area contributed by atoms with Crippen LogP contribution in [0.15, 0.2) is 24.3 Å². The molecule has 1 heterocycles. The summed E-state index contributed by atoms with van der Waals surface area (Å²) in [5.41, 5.74) is 7.00. The lowest BCUT2D eigenvalue weighted by Crippen LogP contribution is -2.52. The van der Waals surface area contributed by atoms with Gasteiger partial charge in [-0.05, 0) is 44.7 Å². The van der Waals surface area contributed by atoms with Gasteiger partial charge in [0.15, 0.2) is 6.10 Å². The van der Waals surface area contributed by atoms with Crippen molar-refractivity contribution < 1.29 is 9.53 Å². The highest BCUT2D eigenvalue weighted by atomic mass is 35.5. The van der Waals surface area contributed by atoms with E-state index in [1.807, 2.05) is 43.0 Å². The van der Waals surface area contributed by atoms with Gasteiger partial charge in [0.05, 0.1) is 0 Å². The van der Waals surface area contributed by atoms with Crippen molar-refractivity contribution in [3.05, 3.63) is 29.8 Å². The summed E-state index contributed by atoms with van der Waals surface area (Å²) >= 11 is 0. The van der Waals surface area contributed by atoms with Gasteiger partial charge in [-0.2, -0.15) is 0 Å². The maximum atomic E-state index is 12.6. The highest BCUT2D eigenvalue weighted by molar-refractivity contribution is 5.85. The number of amides is 1. The first-order valence-corrected chi connectivity index (χ1v) is 7.75. The molecule has 1 aliphatic rings. The van der Waals surface area contributed by atoms with Crippen LogP contribution in [0.25, 0.3) is 0 Å². The van der Waals surface area contributed by atoms with E-state index in [2.05, 4.69) is 6.92 Å². The predicted octanol–water partition coefficient (Wildman–Crippen LogP) is 2.77. The van der Waals surface area contributed by atoms with E-state index in [9.17, 15) is 4.79 Å². The smallest absolute Gasteiger partial charge is 0.263 e. The first-order chi connectivity index (χ1) is 10.0. The molecule has 0 aliphatic carbocycles. The van der Waals surface area contributed by atoms with E-state index in [-0.39, 0.29) is 24.4 Å². The molecule has 1 fully saturated rings. The fourth-order valence-electron chi connectivity index (χ4n) is 2.87. The second-order valence-corrected chi connectivity index (χ2v) is 6.12. The Morgan fingerprint density at radius 1 is 1.41 bits per heavy atom. The lowest BCUT2D eigenvalue weighted by atomic mass is 9.92. The summed E-state index contributed by atoms with van der Waals surface area (Å²) in [5.74, 6) is 1.41. The fraction of sp³-hybridized carbons (Fsp3) is 0.588. The monoisotopic (exact) mass is 326 g/mol. The number of hydrogen-bond donors (Lipinski definition) is 1. The number of nitrogens with zero attached hydrogens (tertiary/aromatic N) is 1. The average molecular weight is 327 g/mol.